The topological polar surface area (TPSA) is 67.7 Å². The van der Waals surface area contributed by atoms with Crippen molar-refractivity contribution in [2.75, 3.05) is 32.1 Å². The van der Waals surface area contributed by atoms with Crippen molar-refractivity contribution < 1.29 is 9.53 Å². The first-order chi connectivity index (χ1) is 15.5. The van der Waals surface area contributed by atoms with E-state index in [2.05, 4.69) is 4.90 Å². The van der Waals surface area contributed by atoms with Gasteiger partial charge in [0.15, 0.2) is 0 Å². The molecule has 4 rings (SSSR count). The Morgan fingerprint density at radius 2 is 1.75 bits per heavy atom. The molecule has 1 aliphatic rings. The highest BCUT2D eigenvalue weighted by atomic mass is 35.5. The third-order valence-corrected chi connectivity index (χ3v) is 5.75. The Morgan fingerprint density at radius 3 is 2.47 bits per heavy atom. The number of hydrogen-bond acceptors (Lipinski definition) is 5. The first kappa shape index (κ1) is 22.3. The summed E-state index contributed by atoms with van der Waals surface area (Å²) in [6.07, 6.45) is -0.0312. The van der Waals surface area contributed by atoms with Gasteiger partial charge in [-0.2, -0.15) is 0 Å². The quantitative estimate of drug-likeness (QED) is 0.535. The minimum absolute atomic E-state index is 0.00158. The van der Waals surface area contributed by atoms with Gasteiger partial charge in [-0.05, 0) is 38.1 Å². The predicted octanol–water partition coefficient (Wildman–Crippen LogP) is 3.06. The standard InChI is InChI=1S/C24H27ClN4O3/c1-17(2)32-21-10-6-5-9-20(21)29-22(26-19-8-4-3-7-18(19)24(29)31)16-27-11-13-28(14-12-27)23(30)15-25/h3-10,17H,11-16H2,1-2H3. The molecule has 32 heavy (non-hydrogen) atoms. The molecular formula is C24H27ClN4O3. The van der Waals surface area contributed by atoms with Gasteiger partial charge in [0, 0.05) is 26.2 Å². The van der Waals surface area contributed by atoms with Gasteiger partial charge < -0.3 is 9.64 Å². The van der Waals surface area contributed by atoms with Crippen LogP contribution in [0.4, 0.5) is 0 Å². The van der Waals surface area contributed by atoms with Crippen LogP contribution in [0.15, 0.2) is 53.3 Å². The van der Waals surface area contributed by atoms with Crippen LogP contribution >= 0.6 is 11.6 Å². The number of piperazine rings is 1. The molecular weight excluding hydrogens is 428 g/mol. The van der Waals surface area contributed by atoms with Gasteiger partial charge in [-0.15, -0.1) is 11.6 Å². The molecule has 1 aromatic heterocycles. The van der Waals surface area contributed by atoms with Crippen molar-refractivity contribution in [2.24, 2.45) is 0 Å². The molecule has 0 radical (unpaired) electrons. The van der Waals surface area contributed by atoms with E-state index in [0.717, 1.165) is 0 Å². The van der Waals surface area contributed by atoms with Crippen molar-refractivity contribution in [2.45, 2.75) is 26.5 Å². The summed E-state index contributed by atoms with van der Waals surface area (Å²) >= 11 is 5.70. The molecule has 0 N–H and O–H groups in total. The summed E-state index contributed by atoms with van der Waals surface area (Å²) in [6, 6.07) is 14.9. The Labute approximate surface area is 192 Å². The van der Waals surface area contributed by atoms with Gasteiger partial charge in [-0.3, -0.25) is 19.1 Å². The molecule has 3 aromatic rings. The second-order valence-corrected chi connectivity index (χ2v) is 8.38. The summed E-state index contributed by atoms with van der Waals surface area (Å²) in [7, 11) is 0. The number of fused-ring (bicyclic) bond motifs is 1. The van der Waals surface area contributed by atoms with E-state index in [4.69, 9.17) is 21.3 Å². The highest BCUT2D eigenvalue weighted by Gasteiger charge is 2.23. The minimum Gasteiger partial charge on any atom is -0.489 e. The zero-order valence-corrected chi connectivity index (χ0v) is 19.1. The van der Waals surface area contributed by atoms with Gasteiger partial charge in [-0.25, -0.2) is 4.98 Å². The second kappa shape index (κ2) is 9.71. The Balaban J connectivity index is 1.75. The van der Waals surface area contributed by atoms with E-state index in [0.29, 0.717) is 60.9 Å². The lowest BCUT2D eigenvalue weighted by Crippen LogP contribution is -2.49. The van der Waals surface area contributed by atoms with Gasteiger partial charge in [0.2, 0.25) is 5.91 Å². The van der Waals surface area contributed by atoms with Crippen LogP contribution in [0.5, 0.6) is 5.75 Å². The average Bonchev–Trinajstić information content (AvgIpc) is 2.80. The second-order valence-electron chi connectivity index (χ2n) is 8.11. The van der Waals surface area contributed by atoms with Crippen LogP contribution in [-0.2, 0) is 11.3 Å². The van der Waals surface area contributed by atoms with Gasteiger partial charge in [-0.1, -0.05) is 24.3 Å². The fourth-order valence-electron chi connectivity index (χ4n) is 3.97. The van der Waals surface area contributed by atoms with Crippen molar-refractivity contribution in [3.8, 4) is 11.4 Å². The fraction of sp³-hybridized carbons (Fsp3) is 0.375. The number of carbonyl (C=O) groups excluding carboxylic acids is 1. The molecule has 2 heterocycles. The maximum Gasteiger partial charge on any atom is 0.266 e. The number of alkyl halides is 1. The molecule has 0 saturated carbocycles. The third-order valence-electron chi connectivity index (χ3n) is 5.52. The SMILES string of the molecule is CC(C)Oc1ccccc1-n1c(CN2CCN(C(=O)CCl)CC2)nc2ccccc2c1=O. The van der Waals surface area contributed by atoms with Crippen LogP contribution < -0.4 is 10.3 Å². The summed E-state index contributed by atoms with van der Waals surface area (Å²) in [5, 5.41) is 0.563. The molecule has 2 aromatic carbocycles. The number of nitrogens with zero attached hydrogens (tertiary/aromatic N) is 4. The average molecular weight is 455 g/mol. The van der Waals surface area contributed by atoms with Gasteiger partial charge >= 0.3 is 0 Å². The molecule has 0 atom stereocenters. The van der Waals surface area contributed by atoms with E-state index in [1.54, 1.807) is 15.5 Å². The van der Waals surface area contributed by atoms with Gasteiger partial charge in [0.05, 0.1) is 29.2 Å². The molecule has 0 unspecified atom stereocenters. The lowest BCUT2D eigenvalue weighted by molar-refractivity contribution is -0.130. The first-order valence-electron chi connectivity index (χ1n) is 10.8. The number of amides is 1. The predicted molar refractivity (Wildman–Crippen MR) is 126 cm³/mol. The Bertz CT molecular complexity index is 1170. The highest BCUT2D eigenvalue weighted by molar-refractivity contribution is 6.27. The normalized spacial score (nSPS) is 14.8. The van der Waals surface area contributed by atoms with Crippen molar-refractivity contribution in [1.29, 1.82) is 0 Å². The Morgan fingerprint density at radius 1 is 1.06 bits per heavy atom. The van der Waals surface area contributed by atoms with E-state index in [9.17, 15) is 9.59 Å². The number of rotatable bonds is 6. The third kappa shape index (κ3) is 4.64. The molecule has 1 fully saturated rings. The van der Waals surface area contributed by atoms with Crippen molar-refractivity contribution in [3.05, 3.63) is 64.7 Å². The number of halogens is 1. The number of para-hydroxylation sites is 3. The molecule has 0 spiro atoms. The fourth-order valence-corrected chi connectivity index (χ4v) is 4.14. The highest BCUT2D eigenvalue weighted by Crippen LogP contribution is 2.25. The Kier molecular flexibility index (Phi) is 6.77. The van der Waals surface area contributed by atoms with Gasteiger partial charge in [0.1, 0.15) is 17.5 Å². The monoisotopic (exact) mass is 454 g/mol. The number of benzene rings is 2. The van der Waals surface area contributed by atoms with Crippen molar-refractivity contribution in [3.63, 3.8) is 0 Å². The van der Waals surface area contributed by atoms with Crippen LogP contribution in [0.1, 0.15) is 19.7 Å². The minimum atomic E-state index is -0.124. The summed E-state index contributed by atoms with van der Waals surface area (Å²) in [5.74, 6) is 1.23. The summed E-state index contributed by atoms with van der Waals surface area (Å²) in [5.41, 5.74) is 1.22. The van der Waals surface area contributed by atoms with Crippen LogP contribution in [-0.4, -0.2) is 63.4 Å². The lowest BCUT2D eigenvalue weighted by Gasteiger charge is -2.34. The van der Waals surface area contributed by atoms with E-state index >= 15 is 0 Å². The number of ether oxygens (including phenoxy) is 1. The Hall–Kier alpha value is -2.90. The zero-order chi connectivity index (χ0) is 22.7. The van der Waals surface area contributed by atoms with Crippen molar-refractivity contribution in [1.82, 2.24) is 19.4 Å². The zero-order valence-electron chi connectivity index (χ0n) is 18.3. The van der Waals surface area contributed by atoms with Crippen LogP contribution in [0, 0.1) is 0 Å². The molecule has 8 heteroatoms. The molecule has 7 nitrogen and oxygen atoms in total. The van der Waals surface area contributed by atoms with Crippen LogP contribution in [0.25, 0.3) is 16.6 Å². The van der Waals surface area contributed by atoms with E-state index < -0.39 is 0 Å². The van der Waals surface area contributed by atoms with E-state index in [1.807, 2.05) is 56.3 Å². The van der Waals surface area contributed by atoms with Crippen LogP contribution in [0.2, 0.25) is 0 Å². The smallest absolute Gasteiger partial charge is 0.266 e. The molecule has 1 aliphatic heterocycles. The number of carbonyl (C=O) groups is 1. The van der Waals surface area contributed by atoms with Crippen molar-refractivity contribution >= 4 is 28.4 Å². The van der Waals surface area contributed by atoms with Crippen LogP contribution in [0.3, 0.4) is 0 Å². The maximum absolute atomic E-state index is 13.6. The molecule has 168 valence electrons. The molecule has 1 saturated heterocycles. The maximum atomic E-state index is 13.6. The molecule has 1 amide bonds. The molecule has 0 bridgehead atoms. The van der Waals surface area contributed by atoms with E-state index in [1.165, 1.54) is 0 Å². The molecule has 0 aliphatic carbocycles. The summed E-state index contributed by atoms with van der Waals surface area (Å²) < 4.78 is 7.67. The van der Waals surface area contributed by atoms with Gasteiger partial charge in [0.25, 0.3) is 5.56 Å². The summed E-state index contributed by atoms with van der Waals surface area (Å²) in [6.45, 7) is 7.00. The van der Waals surface area contributed by atoms with E-state index in [-0.39, 0.29) is 23.5 Å². The lowest BCUT2D eigenvalue weighted by atomic mass is 10.2. The largest absolute Gasteiger partial charge is 0.489 e. The number of hydrogen-bond donors (Lipinski definition) is 0. The number of aromatic nitrogens is 2. The summed E-state index contributed by atoms with van der Waals surface area (Å²) in [4.78, 5) is 34.3. The first-order valence-corrected chi connectivity index (χ1v) is 11.3.